The Kier molecular flexibility index (Phi) is 12.5. The molecule has 1 nitrogen and oxygen atoms in total. The Morgan fingerprint density at radius 1 is 1.33 bits per heavy atom. The SMILES string of the molecule is CCCCC[SiH3].O=CC(Cl)(Cl)Cl. The van der Waals surface area contributed by atoms with Gasteiger partial charge in [-0.3, -0.25) is 4.79 Å². The molecule has 0 aromatic carbocycles. The van der Waals surface area contributed by atoms with Gasteiger partial charge in [0.1, 0.15) is 0 Å². The lowest BCUT2D eigenvalue weighted by atomic mass is 10.3. The summed E-state index contributed by atoms with van der Waals surface area (Å²) in [5.41, 5.74) is 0. The molecule has 0 heterocycles. The van der Waals surface area contributed by atoms with Crippen LogP contribution in [-0.4, -0.2) is 20.3 Å². The summed E-state index contributed by atoms with van der Waals surface area (Å²) in [7, 11) is 1.40. The molecule has 74 valence electrons. The van der Waals surface area contributed by atoms with Gasteiger partial charge in [-0.25, -0.2) is 0 Å². The molecule has 5 heteroatoms. The molecule has 0 saturated heterocycles. The first-order chi connectivity index (χ1) is 5.47. The fraction of sp³-hybridized carbons (Fsp3) is 0.857. The van der Waals surface area contributed by atoms with Gasteiger partial charge in [0.15, 0.2) is 6.29 Å². The van der Waals surface area contributed by atoms with E-state index in [1.54, 1.807) is 0 Å². The maximum absolute atomic E-state index is 9.43. The van der Waals surface area contributed by atoms with Gasteiger partial charge in [-0.1, -0.05) is 67.0 Å². The number of carbonyl (C=O) groups excluding carboxylic acids is 1. The Balaban J connectivity index is 0. The summed E-state index contributed by atoms with van der Waals surface area (Å²) in [6.07, 6.45) is 4.53. The molecule has 0 aliphatic heterocycles. The summed E-state index contributed by atoms with van der Waals surface area (Å²) < 4.78 is -1.72. The molecule has 0 N–H and O–H groups in total. The van der Waals surface area contributed by atoms with E-state index in [1.165, 1.54) is 35.5 Å². The second-order valence-electron chi connectivity index (χ2n) is 2.37. The molecule has 0 aromatic rings. The largest absolute Gasteiger partial charge is 0.299 e. The number of aldehydes is 1. The molecular formula is C7H15Cl3OSi. The minimum absolute atomic E-state index is 0.234. The molecule has 0 fully saturated rings. The van der Waals surface area contributed by atoms with Crippen LogP contribution in [0.3, 0.4) is 0 Å². The molecule has 0 atom stereocenters. The highest BCUT2D eigenvalue weighted by atomic mass is 35.6. The van der Waals surface area contributed by atoms with Gasteiger partial charge in [-0.15, -0.1) is 0 Å². The molecule has 0 rings (SSSR count). The van der Waals surface area contributed by atoms with Crippen LogP contribution in [0.1, 0.15) is 26.2 Å². The third kappa shape index (κ3) is 22.4. The summed E-state index contributed by atoms with van der Waals surface area (Å²) in [6, 6.07) is 1.49. The summed E-state index contributed by atoms with van der Waals surface area (Å²) in [5.74, 6) is 0. The van der Waals surface area contributed by atoms with Crippen molar-refractivity contribution in [1.29, 1.82) is 0 Å². The van der Waals surface area contributed by atoms with Crippen molar-refractivity contribution in [2.75, 3.05) is 0 Å². The van der Waals surface area contributed by atoms with Crippen LogP contribution in [0.2, 0.25) is 6.04 Å². The first-order valence-corrected chi connectivity index (χ1v) is 6.55. The smallest absolute Gasteiger partial charge is 0.245 e. The van der Waals surface area contributed by atoms with Crippen molar-refractivity contribution >= 4 is 51.3 Å². The van der Waals surface area contributed by atoms with Crippen LogP contribution in [0.15, 0.2) is 0 Å². The molecule has 0 aliphatic rings. The topological polar surface area (TPSA) is 17.1 Å². The maximum Gasteiger partial charge on any atom is 0.245 e. The molecule has 0 saturated carbocycles. The third-order valence-electron chi connectivity index (χ3n) is 1.09. The minimum Gasteiger partial charge on any atom is -0.299 e. The van der Waals surface area contributed by atoms with E-state index >= 15 is 0 Å². The average Bonchev–Trinajstić information content (AvgIpc) is 2.01. The van der Waals surface area contributed by atoms with Gasteiger partial charge in [-0.2, -0.15) is 0 Å². The van der Waals surface area contributed by atoms with Gasteiger partial charge >= 0.3 is 0 Å². The van der Waals surface area contributed by atoms with Crippen molar-refractivity contribution in [2.45, 2.75) is 36.0 Å². The number of rotatable bonds is 3. The van der Waals surface area contributed by atoms with Crippen LogP contribution < -0.4 is 0 Å². The quantitative estimate of drug-likeness (QED) is 0.325. The molecule has 0 bridgehead atoms. The van der Waals surface area contributed by atoms with Gasteiger partial charge in [-0.05, 0) is 0 Å². The Labute approximate surface area is 92.2 Å². The number of halogens is 3. The highest BCUT2D eigenvalue weighted by molar-refractivity contribution is 6.74. The molecule has 12 heavy (non-hydrogen) atoms. The van der Waals surface area contributed by atoms with Crippen LogP contribution in [-0.2, 0) is 4.79 Å². The summed E-state index contributed by atoms with van der Waals surface area (Å²) in [4.78, 5) is 9.43. The van der Waals surface area contributed by atoms with E-state index in [1.807, 2.05) is 0 Å². The predicted octanol–water partition coefficient (Wildman–Crippen LogP) is 2.52. The monoisotopic (exact) mass is 248 g/mol. The van der Waals surface area contributed by atoms with Crippen molar-refractivity contribution < 1.29 is 4.79 Å². The highest BCUT2D eigenvalue weighted by Gasteiger charge is 2.16. The van der Waals surface area contributed by atoms with Crippen molar-refractivity contribution in [1.82, 2.24) is 0 Å². The first-order valence-electron chi connectivity index (χ1n) is 4.01. The lowest BCUT2D eigenvalue weighted by molar-refractivity contribution is -0.107. The van der Waals surface area contributed by atoms with E-state index < -0.39 is 3.79 Å². The lowest BCUT2D eigenvalue weighted by Crippen LogP contribution is -2.00. The average molecular weight is 250 g/mol. The van der Waals surface area contributed by atoms with E-state index in [0.29, 0.717) is 0 Å². The molecule has 0 aromatic heterocycles. The van der Waals surface area contributed by atoms with Gasteiger partial charge in [0.05, 0.1) is 0 Å². The van der Waals surface area contributed by atoms with Gasteiger partial charge < -0.3 is 0 Å². The Hall–Kier alpha value is 0.757. The highest BCUT2D eigenvalue weighted by Crippen LogP contribution is 2.21. The molecular weight excluding hydrogens is 235 g/mol. The standard InChI is InChI=1S/C5H14Si.C2HCl3O/c1-2-3-4-5-6;3-2(4,5)1-6/h2-5H2,1,6H3;1H. The van der Waals surface area contributed by atoms with Crippen LogP contribution in [0.5, 0.6) is 0 Å². The van der Waals surface area contributed by atoms with Crippen LogP contribution in [0.25, 0.3) is 0 Å². The van der Waals surface area contributed by atoms with Crippen LogP contribution in [0, 0.1) is 0 Å². The normalized spacial score (nSPS) is 10.3. The zero-order valence-corrected chi connectivity index (χ0v) is 11.7. The minimum atomic E-state index is -1.72. The van der Waals surface area contributed by atoms with Gasteiger partial charge in [0.25, 0.3) is 0 Å². The van der Waals surface area contributed by atoms with E-state index in [2.05, 4.69) is 6.92 Å². The van der Waals surface area contributed by atoms with E-state index in [0.717, 1.165) is 0 Å². The van der Waals surface area contributed by atoms with Crippen molar-refractivity contribution in [2.24, 2.45) is 0 Å². The zero-order valence-electron chi connectivity index (χ0n) is 7.45. The van der Waals surface area contributed by atoms with E-state index in [9.17, 15) is 4.79 Å². The van der Waals surface area contributed by atoms with Gasteiger partial charge in [0.2, 0.25) is 3.79 Å². The van der Waals surface area contributed by atoms with Crippen LogP contribution >= 0.6 is 34.8 Å². The number of carbonyl (C=O) groups is 1. The summed E-state index contributed by atoms with van der Waals surface area (Å²) in [5, 5.41) is 0. The number of unbranched alkanes of at least 4 members (excludes halogenated alkanes) is 2. The molecule has 0 amide bonds. The lowest BCUT2D eigenvalue weighted by Gasteiger charge is -1.93. The number of alkyl halides is 3. The Morgan fingerprint density at radius 2 is 1.75 bits per heavy atom. The third-order valence-corrected chi connectivity index (χ3v) is 2.07. The number of hydrogen-bond donors (Lipinski definition) is 0. The van der Waals surface area contributed by atoms with Crippen molar-refractivity contribution in [3.05, 3.63) is 0 Å². The van der Waals surface area contributed by atoms with Gasteiger partial charge in [0, 0.05) is 10.2 Å². The van der Waals surface area contributed by atoms with Crippen molar-refractivity contribution in [3.8, 4) is 0 Å². The Bertz CT molecular complexity index is 99.3. The fourth-order valence-corrected chi connectivity index (χ4v) is 1.000. The summed E-state index contributed by atoms with van der Waals surface area (Å²) in [6.45, 7) is 2.25. The van der Waals surface area contributed by atoms with E-state index in [-0.39, 0.29) is 6.29 Å². The van der Waals surface area contributed by atoms with Crippen LogP contribution in [0.4, 0.5) is 0 Å². The number of hydrogen-bond acceptors (Lipinski definition) is 1. The van der Waals surface area contributed by atoms with E-state index in [4.69, 9.17) is 34.8 Å². The molecule has 0 radical (unpaired) electrons. The molecule has 0 spiro atoms. The molecule has 0 unspecified atom stereocenters. The zero-order chi connectivity index (χ0) is 10.0. The summed E-state index contributed by atoms with van der Waals surface area (Å²) >= 11 is 14.6. The first kappa shape index (κ1) is 15.2. The van der Waals surface area contributed by atoms with Crippen molar-refractivity contribution in [3.63, 3.8) is 0 Å². The Morgan fingerprint density at radius 3 is 1.83 bits per heavy atom. The molecule has 0 aliphatic carbocycles. The fourth-order valence-electron chi connectivity index (χ4n) is 0.500. The second-order valence-corrected chi connectivity index (χ2v) is 5.74. The predicted molar refractivity (Wildman–Crippen MR) is 60.6 cm³/mol. The maximum atomic E-state index is 9.43. The second kappa shape index (κ2) is 9.84.